The van der Waals surface area contributed by atoms with Crippen LogP contribution in [0.3, 0.4) is 0 Å². The van der Waals surface area contributed by atoms with Gasteiger partial charge in [-0.3, -0.25) is 0 Å². The average Bonchev–Trinajstić information content (AvgIpc) is 3.16. The summed E-state index contributed by atoms with van der Waals surface area (Å²) in [4.78, 5) is 15.7. The third-order valence-corrected chi connectivity index (χ3v) is 4.34. The summed E-state index contributed by atoms with van der Waals surface area (Å²) in [6, 6.07) is 11.7. The molecule has 0 saturated carbocycles. The summed E-state index contributed by atoms with van der Waals surface area (Å²) in [6.07, 6.45) is 1.45. The number of aromatic nitrogens is 3. The fraction of sp³-hybridized carbons (Fsp3) is 0.250. The lowest BCUT2D eigenvalue weighted by molar-refractivity contribution is 0.170. The number of aryl methyl sites for hydroxylation is 2. The topological polar surface area (TPSA) is 78.3 Å². The standard InChI is InChI=1S/C20H22N4O3/c1-13-5-6-16(11-15(13)12-21-20(25)27-4)24-10-9-18(23-24)17-7-8-19(26-3)22-14(17)2/h5-11H,12H2,1-4H3,(H,21,25). The number of carbonyl (C=O) groups excluding carboxylic acids is 1. The largest absolute Gasteiger partial charge is 0.481 e. The van der Waals surface area contributed by atoms with Crippen molar-refractivity contribution in [2.45, 2.75) is 20.4 Å². The maximum absolute atomic E-state index is 11.3. The van der Waals surface area contributed by atoms with Crippen LogP contribution in [0.2, 0.25) is 0 Å². The molecule has 3 aromatic rings. The zero-order valence-electron chi connectivity index (χ0n) is 15.8. The van der Waals surface area contributed by atoms with Crippen LogP contribution in [0.25, 0.3) is 16.9 Å². The van der Waals surface area contributed by atoms with Crippen molar-refractivity contribution in [3.63, 3.8) is 0 Å². The summed E-state index contributed by atoms with van der Waals surface area (Å²) in [5.41, 5.74) is 5.63. The number of benzene rings is 1. The van der Waals surface area contributed by atoms with E-state index in [0.717, 1.165) is 33.8 Å². The maximum Gasteiger partial charge on any atom is 0.407 e. The number of alkyl carbamates (subject to hydrolysis) is 1. The van der Waals surface area contributed by atoms with E-state index in [2.05, 4.69) is 20.1 Å². The molecule has 0 aliphatic carbocycles. The van der Waals surface area contributed by atoms with Crippen LogP contribution in [0, 0.1) is 13.8 Å². The van der Waals surface area contributed by atoms with Crippen molar-refractivity contribution in [2.24, 2.45) is 0 Å². The molecule has 7 nitrogen and oxygen atoms in total. The first-order valence-electron chi connectivity index (χ1n) is 8.51. The second-order valence-corrected chi connectivity index (χ2v) is 6.09. The average molecular weight is 366 g/mol. The lowest BCUT2D eigenvalue weighted by Gasteiger charge is -2.10. The predicted molar refractivity (Wildman–Crippen MR) is 102 cm³/mol. The Bertz CT molecular complexity index is 966. The summed E-state index contributed by atoms with van der Waals surface area (Å²) in [5.74, 6) is 0.581. The first-order valence-corrected chi connectivity index (χ1v) is 8.51. The predicted octanol–water partition coefficient (Wildman–Crippen LogP) is 3.42. The highest BCUT2D eigenvalue weighted by molar-refractivity contribution is 5.67. The van der Waals surface area contributed by atoms with Gasteiger partial charge in [-0.2, -0.15) is 5.10 Å². The molecule has 0 aliphatic heterocycles. The molecule has 0 radical (unpaired) electrons. The fourth-order valence-corrected chi connectivity index (χ4v) is 2.76. The number of hydrogen-bond donors (Lipinski definition) is 1. The molecule has 2 aromatic heterocycles. The van der Waals surface area contributed by atoms with Gasteiger partial charge in [0.25, 0.3) is 0 Å². The molecule has 0 bridgehead atoms. The number of ether oxygens (including phenoxy) is 2. The third-order valence-electron chi connectivity index (χ3n) is 4.34. The Hall–Kier alpha value is -3.35. The highest BCUT2D eigenvalue weighted by Crippen LogP contribution is 2.24. The minimum atomic E-state index is -0.455. The molecule has 0 spiro atoms. The smallest absolute Gasteiger partial charge is 0.407 e. The molecule has 27 heavy (non-hydrogen) atoms. The fourth-order valence-electron chi connectivity index (χ4n) is 2.76. The maximum atomic E-state index is 11.3. The van der Waals surface area contributed by atoms with Crippen molar-refractivity contribution >= 4 is 6.09 Å². The lowest BCUT2D eigenvalue weighted by Crippen LogP contribution is -2.22. The van der Waals surface area contributed by atoms with E-state index in [1.54, 1.807) is 11.8 Å². The number of nitrogens with zero attached hydrogens (tertiary/aromatic N) is 3. The number of methoxy groups -OCH3 is 2. The number of carbonyl (C=O) groups is 1. The van der Waals surface area contributed by atoms with Gasteiger partial charge in [-0.25, -0.2) is 14.5 Å². The van der Waals surface area contributed by atoms with Crippen LogP contribution in [-0.2, 0) is 11.3 Å². The van der Waals surface area contributed by atoms with E-state index in [4.69, 9.17) is 4.74 Å². The van der Waals surface area contributed by atoms with Gasteiger partial charge < -0.3 is 14.8 Å². The minimum Gasteiger partial charge on any atom is -0.481 e. The normalized spacial score (nSPS) is 10.5. The second kappa shape index (κ2) is 7.90. The molecule has 140 valence electrons. The van der Waals surface area contributed by atoms with E-state index >= 15 is 0 Å². The summed E-state index contributed by atoms with van der Waals surface area (Å²) in [5, 5.41) is 7.38. The molecule has 0 fully saturated rings. The van der Waals surface area contributed by atoms with Crippen LogP contribution < -0.4 is 10.1 Å². The molecule has 1 amide bonds. The van der Waals surface area contributed by atoms with Crippen LogP contribution >= 0.6 is 0 Å². The summed E-state index contributed by atoms with van der Waals surface area (Å²) < 4.78 is 11.6. The van der Waals surface area contributed by atoms with Crippen molar-refractivity contribution in [1.29, 1.82) is 0 Å². The zero-order chi connectivity index (χ0) is 19.4. The Kier molecular flexibility index (Phi) is 5.40. The summed E-state index contributed by atoms with van der Waals surface area (Å²) in [6.45, 7) is 4.32. The van der Waals surface area contributed by atoms with E-state index < -0.39 is 6.09 Å². The lowest BCUT2D eigenvalue weighted by atomic mass is 10.1. The molecule has 0 unspecified atom stereocenters. The van der Waals surface area contributed by atoms with Crippen LogP contribution in [0.4, 0.5) is 4.79 Å². The van der Waals surface area contributed by atoms with Crippen LogP contribution in [0.5, 0.6) is 5.88 Å². The Balaban J connectivity index is 1.87. The Morgan fingerprint density at radius 3 is 2.67 bits per heavy atom. The van der Waals surface area contributed by atoms with Crippen molar-refractivity contribution in [2.75, 3.05) is 14.2 Å². The van der Waals surface area contributed by atoms with Gasteiger partial charge in [0.2, 0.25) is 5.88 Å². The van der Waals surface area contributed by atoms with E-state index in [1.807, 2.05) is 56.4 Å². The van der Waals surface area contributed by atoms with E-state index in [9.17, 15) is 4.79 Å². The summed E-state index contributed by atoms with van der Waals surface area (Å²) in [7, 11) is 2.94. The van der Waals surface area contributed by atoms with Gasteiger partial charge in [0.15, 0.2) is 0 Å². The van der Waals surface area contributed by atoms with Gasteiger partial charge in [0, 0.05) is 24.4 Å². The van der Waals surface area contributed by atoms with Gasteiger partial charge in [0.1, 0.15) is 0 Å². The Labute approximate surface area is 158 Å². The molecule has 0 aliphatic rings. The van der Waals surface area contributed by atoms with Crippen molar-refractivity contribution < 1.29 is 14.3 Å². The number of nitrogens with one attached hydrogen (secondary N) is 1. The monoisotopic (exact) mass is 366 g/mol. The van der Waals surface area contributed by atoms with Crippen LogP contribution in [0.15, 0.2) is 42.6 Å². The van der Waals surface area contributed by atoms with Crippen molar-refractivity contribution in [3.8, 4) is 22.8 Å². The van der Waals surface area contributed by atoms with E-state index in [-0.39, 0.29) is 0 Å². The number of hydrogen-bond acceptors (Lipinski definition) is 5. The molecule has 1 N–H and O–H groups in total. The molecule has 0 atom stereocenters. The first kappa shape index (κ1) is 18.4. The third kappa shape index (κ3) is 4.08. The van der Waals surface area contributed by atoms with Gasteiger partial charge in [-0.1, -0.05) is 6.07 Å². The second-order valence-electron chi connectivity index (χ2n) is 6.09. The highest BCUT2D eigenvalue weighted by atomic mass is 16.5. The molecular weight excluding hydrogens is 344 g/mol. The van der Waals surface area contributed by atoms with E-state index in [1.165, 1.54) is 7.11 Å². The quantitative estimate of drug-likeness (QED) is 0.749. The van der Waals surface area contributed by atoms with Crippen LogP contribution in [-0.4, -0.2) is 35.1 Å². The number of amides is 1. The number of rotatable bonds is 5. The Morgan fingerprint density at radius 2 is 1.96 bits per heavy atom. The molecule has 1 aromatic carbocycles. The number of pyridine rings is 1. The highest BCUT2D eigenvalue weighted by Gasteiger charge is 2.10. The molecule has 2 heterocycles. The molecule has 0 saturated heterocycles. The zero-order valence-corrected chi connectivity index (χ0v) is 15.8. The SMILES string of the molecule is COC(=O)NCc1cc(-n2ccc(-c3ccc(OC)nc3C)n2)ccc1C. The van der Waals surface area contributed by atoms with Crippen molar-refractivity contribution in [3.05, 3.63) is 59.4 Å². The molecule has 3 rings (SSSR count). The van der Waals surface area contributed by atoms with Gasteiger partial charge >= 0.3 is 6.09 Å². The molecular formula is C20H22N4O3. The van der Waals surface area contributed by atoms with Gasteiger partial charge in [-0.15, -0.1) is 0 Å². The van der Waals surface area contributed by atoms with E-state index in [0.29, 0.717) is 12.4 Å². The summed E-state index contributed by atoms with van der Waals surface area (Å²) >= 11 is 0. The first-order chi connectivity index (χ1) is 13.0. The molecule has 7 heteroatoms. The van der Waals surface area contributed by atoms with Crippen LogP contribution in [0.1, 0.15) is 16.8 Å². The van der Waals surface area contributed by atoms with Gasteiger partial charge in [0.05, 0.1) is 31.3 Å². The minimum absolute atomic E-state index is 0.391. The van der Waals surface area contributed by atoms with Crippen molar-refractivity contribution in [1.82, 2.24) is 20.1 Å². The van der Waals surface area contributed by atoms with Gasteiger partial charge in [-0.05, 0) is 49.2 Å². The Morgan fingerprint density at radius 1 is 1.15 bits per heavy atom.